The van der Waals surface area contributed by atoms with Gasteiger partial charge < -0.3 is 9.84 Å². The van der Waals surface area contributed by atoms with E-state index in [1.54, 1.807) is 29.5 Å². The van der Waals surface area contributed by atoms with Crippen LogP contribution in [0.25, 0.3) is 0 Å². The molecule has 1 rings (SSSR count). The third kappa shape index (κ3) is 3.76. The second kappa shape index (κ2) is 6.08. The maximum absolute atomic E-state index is 12.5. The first-order chi connectivity index (χ1) is 7.95. The van der Waals surface area contributed by atoms with Crippen molar-refractivity contribution in [3.8, 4) is 5.75 Å². The molecule has 0 saturated carbocycles. The SMILES string of the molecule is CCOC(=O)Cc1cc(I)nc(C(F)F)c1O. The van der Waals surface area contributed by atoms with E-state index in [0.717, 1.165) is 0 Å². The Morgan fingerprint density at radius 1 is 1.65 bits per heavy atom. The molecule has 0 atom stereocenters. The predicted octanol–water partition coefficient (Wildman–Crippen LogP) is 2.44. The number of nitrogens with zero attached hydrogens (tertiary/aromatic N) is 1. The fraction of sp³-hybridized carbons (Fsp3) is 0.400. The molecule has 4 nitrogen and oxygen atoms in total. The zero-order valence-corrected chi connectivity index (χ0v) is 11.1. The molecule has 1 aromatic heterocycles. The number of ether oxygens (including phenoxy) is 1. The third-order valence-electron chi connectivity index (χ3n) is 1.91. The number of rotatable bonds is 4. The van der Waals surface area contributed by atoms with Gasteiger partial charge in [0.25, 0.3) is 6.43 Å². The summed E-state index contributed by atoms with van der Waals surface area (Å²) in [5.41, 5.74) is -0.616. The highest BCUT2D eigenvalue weighted by Gasteiger charge is 2.20. The van der Waals surface area contributed by atoms with Crippen molar-refractivity contribution < 1.29 is 23.4 Å². The highest BCUT2D eigenvalue weighted by atomic mass is 127. The van der Waals surface area contributed by atoms with E-state index in [4.69, 9.17) is 0 Å². The molecule has 0 unspecified atom stereocenters. The highest BCUT2D eigenvalue weighted by Crippen LogP contribution is 2.30. The molecule has 17 heavy (non-hydrogen) atoms. The zero-order valence-electron chi connectivity index (χ0n) is 8.91. The van der Waals surface area contributed by atoms with Crippen LogP contribution in [0.5, 0.6) is 5.75 Å². The average molecular weight is 357 g/mol. The summed E-state index contributed by atoms with van der Waals surface area (Å²) in [6, 6.07) is 1.37. The van der Waals surface area contributed by atoms with Crippen molar-refractivity contribution in [1.82, 2.24) is 4.98 Å². The van der Waals surface area contributed by atoms with Crippen LogP contribution in [0.4, 0.5) is 8.78 Å². The van der Waals surface area contributed by atoms with Crippen LogP contribution in [0, 0.1) is 3.70 Å². The van der Waals surface area contributed by atoms with Crippen LogP contribution >= 0.6 is 22.6 Å². The van der Waals surface area contributed by atoms with Gasteiger partial charge in [0, 0.05) is 5.56 Å². The number of esters is 1. The van der Waals surface area contributed by atoms with Gasteiger partial charge in [0.1, 0.15) is 15.1 Å². The fourth-order valence-electron chi connectivity index (χ4n) is 1.23. The molecule has 0 aromatic carbocycles. The minimum atomic E-state index is -2.88. The molecule has 1 aromatic rings. The minimum absolute atomic E-state index is 0.0955. The number of aromatic nitrogens is 1. The van der Waals surface area contributed by atoms with Gasteiger partial charge >= 0.3 is 5.97 Å². The first kappa shape index (κ1) is 14.1. The van der Waals surface area contributed by atoms with E-state index in [2.05, 4.69) is 9.72 Å². The van der Waals surface area contributed by atoms with Crippen LogP contribution in [0.3, 0.4) is 0 Å². The van der Waals surface area contributed by atoms with Crippen molar-refractivity contribution in [3.05, 3.63) is 21.0 Å². The van der Waals surface area contributed by atoms with Gasteiger partial charge in [0.15, 0.2) is 0 Å². The summed E-state index contributed by atoms with van der Waals surface area (Å²) in [6.45, 7) is 1.84. The Balaban J connectivity index is 3.03. The molecule has 0 bridgehead atoms. The first-order valence-corrected chi connectivity index (χ1v) is 5.85. The van der Waals surface area contributed by atoms with Crippen LogP contribution in [0.15, 0.2) is 6.07 Å². The topological polar surface area (TPSA) is 59.4 Å². The van der Waals surface area contributed by atoms with Crippen LogP contribution in [0.2, 0.25) is 0 Å². The second-order valence-corrected chi connectivity index (χ2v) is 4.23. The minimum Gasteiger partial charge on any atom is -0.506 e. The fourth-order valence-corrected chi connectivity index (χ4v) is 1.87. The van der Waals surface area contributed by atoms with Crippen LogP contribution in [-0.4, -0.2) is 22.7 Å². The molecule has 94 valence electrons. The Labute approximate surface area is 110 Å². The maximum Gasteiger partial charge on any atom is 0.310 e. The van der Waals surface area contributed by atoms with E-state index in [0.29, 0.717) is 0 Å². The normalized spacial score (nSPS) is 10.6. The number of carbonyl (C=O) groups is 1. The number of aromatic hydroxyl groups is 1. The lowest BCUT2D eigenvalue weighted by Gasteiger charge is -2.09. The molecule has 1 N–H and O–H groups in total. The number of carbonyl (C=O) groups excluding carboxylic acids is 1. The largest absolute Gasteiger partial charge is 0.506 e. The van der Waals surface area contributed by atoms with Gasteiger partial charge in [-0.25, -0.2) is 13.8 Å². The summed E-state index contributed by atoms with van der Waals surface area (Å²) in [5.74, 6) is -1.22. The zero-order chi connectivity index (χ0) is 13.0. The average Bonchev–Trinajstić information content (AvgIpc) is 2.22. The van der Waals surface area contributed by atoms with E-state index in [1.165, 1.54) is 6.07 Å². The number of hydrogen-bond donors (Lipinski definition) is 1. The van der Waals surface area contributed by atoms with Gasteiger partial charge in [-0.3, -0.25) is 4.79 Å². The Morgan fingerprint density at radius 2 is 2.29 bits per heavy atom. The molecule has 0 radical (unpaired) electrons. The van der Waals surface area contributed by atoms with E-state index in [-0.39, 0.29) is 22.3 Å². The maximum atomic E-state index is 12.5. The van der Waals surface area contributed by atoms with Gasteiger partial charge in [-0.1, -0.05) is 0 Å². The van der Waals surface area contributed by atoms with Crippen molar-refractivity contribution >= 4 is 28.6 Å². The Morgan fingerprint density at radius 3 is 2.82 bits per heavy atom. The molecule has 0 fully saturated rings. The lowest BCUT2D eigenvalue weighted by molar-refractivity contribution is -0.142. The summed E-state index contributed by atoms with van der Waals surface area (Å²) in [5, 5.41) is 9.55. The smallest absolute Gasteiger partial charge is 0.310 e. The van der Waals surface area contributed by atoms with E-state index in [1.807, 2.05) is 0 Å². The quantitative estimate of drug-likeness (QED) is 0.511. The molecule has 0 aliphatic rings. The highest BCUT2D eigenvalue weighted by molar-refractivity contribution is 14.1. The molecule has 0 spiro atoms. The number of hydrogen-bond acceptors (Lipinski definition) is 4. The Bertz CT molecular complexity index is 426. The molecule has 7 heteroatoms. The van der Waals surface area contributed by atoms with Gasteiger partial charge in [-0.05, 0) is 35.6 Å². The number of alkyl halides is 2. The Kier molecular flexibility index (Phi) is 5.03. The lowest BCUT2D eigenvalue weighted by atomic mass is 10.1. The van der Waals surface area contributed by atoms with E-state index < -0.39 is 23.8 Å². The summed E-state index contributed by atoms with van der Waals surface area (Å²) in [7, 11) is 0. The van der Waals surface area contributed by atoms with Crippen LogP contribution in [-0.2, 0) is 16.0 Å². The Hall–Kier alpha value is -0.990. The molecule has 1 heterocycles. The number of halogens is 3. The molecule has 0 amide bonds. The van der Waals surface area contributed by atoms with Crippen LogP contribution < -0.4 is 0 Å². The lowest BCUT2D eigenvalue weighted by Crippen LogP contribution is -2.09. The number of pyridine rings is 1. The van der Waals surface area contributed by atoms with E-state index >= 15 is 0 Å². The van der Waals surface area contributed by atoms with Gasteiger partial charge in [0.2, 0.25) is 0 Å². The monoisotopic (exact) mass is 357 g/mol. The molecular weight excluding hydrogens is 347 g/mol. The van der Waals surface area contributed by atoms with Gasteiger partial charge in [-0.2, -0.15) is 0 Å². The predicted molar refractivity (Wildman–Crippen MR) is 63.9 cm³/mol. The standard InChI is InChI=1S/C10H10F2INO3/c1-2-17-7(15)4-5-3-6(13)14-8(9(5)16)10(11)12/h3,10,16H,2,4H2,1H3. The van der Waals surface area contributed by atoms with Crippen molar-refractivity contribution in [2.75, 3.05) is 6.61 Å². The van der Waals surface area contributed by atoms with Crippen molar-refractivity contribution in [2.24, 2.45) is 0 Å². The summed E-state index contributed by atoms with van der Waals surface area (Å²) >= 11 is 1.74. The molecule has 0 aliphatic carbocycles. The summed E-state index contributed by atoms with van der Waals surface area (Å²) in [4.78, 5) is 14.7. The van der Waals surface area contributed by atoms with Crippen molar-refractivity contribution in [2.45, 2.75) is 19.8 Å². The third-order valence-corrected chi connectivity index (χ3v) is 2.47. The molecule has 0 saturated heterocycles. The molecule has 0 aliphatic heterocycles. The second-order valence-electron chi connectivity index (χ2n) is 3.12. The summed E-state index contributed by atoms with van der Waals surface area (Å²) < 4.78 is 30.0. The van der Waals surface area contributed by atoms with Crippen molar-refractivity contribution in [1.29, 1.82) is 0 Å². The molecular formula is C10H10F2INO3. The van der Waals surface area contributed by atoms with Crippen LogP contribution in [0.1, 0.15) is 24.6 Å². The van der Waals surface area contributed by atoms with Gasteiger partial charge in [0.05, 0.1) is 13.0 Å². The summed E-state index contributed by atoms with van der Waals surface area (Å²) in [6.07, 6.45) is -3.14. The van der Waals surface area contributed by atoms with Gasteiger partial charge in [-0.15, -0.1) is 0 Å². The van der Waals surface area contributed by atoms with E-state index in [9.17, 15) is 18.7 Å². The first-order valence-electron chi connectivity index (χ1n) is 4.77. The van der Waals surface area contributed by atoms with Crippen molar-refractivity contribution in [3.63, 3.8) is 0 Å².